The maximum atomic E-state index is 10.8. The molecule has 3 rings (SSSR count). The molecule has 1 aliphatic heterocycles. The average molecular weight is 311 g/mol. The smallest absolute Gasteiger partial charge is 0.0920 e. The van der Waals surface area contributed by atoms with Crippen molar-refractivity contribution in [1.29, 1.82) is 0 Å². The lowest BCUT2D eigenvalue weighted by Gasteiger charge is -2.38. The number of hydrogen-bond acceptors (Lipinski definition) is 2. The van der Waals surface area contributed by atoms with Crippen LogP contribution in [0.5, 0.6) is 0 Å². The monoisotopic (exact) mass is 311 g/mol. The third-order valence-corrected chi connectivity index (χ3v) is 4.52. The van der Waals surface area contributed by atoms with Gasteiger partial charge in [0.25, 0.3) is 0 Å². The van der Waals surface area contributed by atoms with E-state index in [-0.39, 0.29) is 0 Å². The zero-order valence-electron chi connectivity index (χ0n) is 14.6. The summed E-state index contributed by atoms with van der Waals surface area (Å²) >= 11 is 0. The van der Waals surface area contributed by atoms with Gasteiger partial charge in [-0.1, -0.05) is 74.0 Å². The van der Waals surface area contributed by atoms with Crippen LogP contribution in [0.25, 0.3) is 0 Å². The quantitative estimate of drug-likeness (QED) is 0.902. The van der Waals surface area contributed by atoms with Crippen LogP contribution in [-0.2, 0) is 12.1 Å². The second kappa shape index (κ2) is 8.28. The fraction of sp³-hybridized carbons (Fsp3) is 0.429. The summed E-state index contributed by atoms with van der Waals surface area (Å²) in [7, 11) is 0. The molecule has 1 fully saturated rings. The Morgan fingerprint density at radius 1 is 0.913 bits per heavy atom. The highest BCUT2D eigenvalue weighted by atomic mass is 16.3. The Morgan fingerprint density at radius 2 is 1.48 bits per heavy atom. The maximum absolute atomic E-state index is 10.8. The van der Waals surface area contributed by atoms with E-state index < -0.39 is 5.60 Å². The van der Waals surface area contributed by atoms with Gasteiger partial charge in [-0.3, -0.25) is 4.90 Å². The topological polar surface area (TPSA) is 23.5 Å². The van der Waals surface area contributed by atoms with Gasteiger partial charge in [0.05, 0.1) is 5.60 Å². The van der Waals surface area contributed by atoms with E-state index in [4.69, 9.17) is 0 Å². The molecule has 0 radical (unpaired) electrons. The Bertz CT molecular complexity index is 569. The van der Waals surface area contributed by atoms with Gasteiger partial charge in [-0.15, -0.1) is 0 Å². The van der Waals surface area contributed by atoms with E-state index in [2.05, 4.69) is 36.1 Å². The first-order chi connectivity index (χ1) is 11.2. The highest BCUT2D eigenvalue weighted by molar-refractivity contribution is 5.24. The number of aliphatic hydroxyl groups is 1. The largest absolute Gasteiger partial charge is 0.385 e. The number of aryl methyl sites for hydroxylation is 1. The molecule has 0 aromatic heterocycles. The van der Waals surface area contributed by atoms with Gasteiger partial charge in [0, 0.05) is 19.6 Å². The Kier molecular flexibility index (Phi) is 6.37. The van der Waals surface area contributed by atoms with Crippen molar-refractivity contribution in [3.05, 3.63) is 71.3 Å². The van der Waals surface area contributed by atoms with Crippen molar-refractivity contribution in [2.75, 3.05) is 13.1 Å². The van der Waals surface area contributed by atoms with Crippen molar-refractivity contribution in [2.24, 2.45) is 0 Å². The van der Waals surface area contributed by atoms with Gasteiger partial charge in [-0.25, -0.2) is 0 Å². The highest BCUT2D eigenvalue weighted by Crippen LogP contribution is 2.33. The Hall–Kier alpha value is -1.64. The van der Waals surface area contributed by atoms with E-state index in [1.54, 1.807) is 0 Å². The maximum Gasteiger partial charge on any atom is 0.0920 e. The van der Waals surface area contributed by atoms with E-state index in [0.717, 1.165) is 38.0 Å². The molecule has 2 aromatic carbocycles. The van der Waals surface area contributed by atoms with Crippen LogP contribution in [0.15, 0.2) is 54.6 Å². The molecular weight excluding hydrogens is 282 g/mol. The van der Waals surface area contributed by atoms with E-state index in [9.17, 15) is 5.11 Å². The lowest BCUT2D eigenvalue weighted by atomic mass is 9.84. The summed E-state index contributed by atoms with van der Waals surface area (Å²) in [5.74, 6) is 0. The fourth-order valence-electron chi connectivity index (χ4n) is 3.07. The van der Waals surface area contributed by atoms with Crippen molar-refractivity contribution in [3.8, 4) is 0 Å². The molecule has 0 bridgehead atoms. The van der Waals surface area contributed by atoms with Crippen molar-refractivity contribution >= 4 is 0 Å². The van der Waals surface area contributed by atoms with Crippen LogP contribution in [0.3, 0.4) is 0 Å². The van der Waals surface area contributed by atoms with Gasteiger partial charge in [0.15, 0.2) is 0 Å². The number of likely N-dealkylation sites (tertiary alicyclic amines) is 1. The number of nitrogens with zero attached hydrogens (tertiary/aromatic N) is 1. The fourth-order valence-corrected chi connectivity index (χ4v) is 3.07. The molecule has 0 unspecified atom stereocenters. The molecule has 0 spiro atoms. The number of hydrogen-bond donors (Lipinski definition) is 1. The minimum atomic E-state index is -0.648. The SMILES string of the molecule is CC.Cc1ccc(CN2CCC(O)(c3ccccc3)CC2)cc1. The van der Waals surface area contributed by atoms with Crippen molar-refractivity contribution in [2.45, 2.75) is 45.8 Å². The van der Waals surface area contributed by atoms with E-state index >= 15 is 0 Å². The summed E-state index contributed by atoms with van der Waals surface area (Å²) in [4.78, 5) is 2.43. The Balaban J connectivity index is 0.000000924. The molecular formula is C21H29NO. The predicted molar refractivity (Wildman–Crippen MR) is 97.4 cm³/mol. The standard InChI is InChI=1S/C19H23NO.C2H6/c1-16-7-9-17(10-8-16)15-20-13-11-19(21,12-14-20)18-5-3-2-4-6-18;1-2/h2-10,21H,11-15H2,1H3;1-2H3. The number of piperidine rings is 1. The molecule has 0 amide bonds. The lowest BCUT2D eigenvalue weighted by Crippen LogP contribution is -2.42. The van der Waals surface area contributed by atoms with Gasteiger partial charge < -0.3 is 5.11 Å². The van der Waals surface area contributed by atoms with Crippen molar-refractivity contribution < 1.29 is 5.11 Å². The molecule has 2 heteroatoms. The van der Waals surface area contributed by atoms with Crippen molar-refractivity contribution in [1.82, 2.24) is 4.90 Å². The molecule has 0 aliphatic carbocycles. The molecule has 0 atom stereocenters. The summed E-state index contributed by atoms with van der Waals surface area (Å²) in [6.45, 7) is 8.98. The third kappa shape index (κ3) is 4.66. The van der Waals surface area contributed by atoms with Gasteiger partial charge in [0.2, 0.25) is 0 Å². The summed E-state index contributed by atoms with van der Waals surface area (Å²) in [5, 5.41) is 10.8. The Labute approximate surface area is 140 Å². The average Bonchev–Trinajstić information content (AvgIpc) is 2.62. The van der Waals surface area contributed by atoms with Crippen LogP contribution >= 0.6 is 0 Å². The second-order valence-corrected chi connectivity index (χ2v) is 6.16. The Morgan fingerprint density at radius 3 is 2.04 bits per heavy atom. The minimum Gasteiger partial charge on any atom is -0.385 e. The van der Waals surface area contributed by atoms with Crippen LogP contribution in [0.2, 0.25) is 0 Å². The molecule has 2 nitrogen and oxygen atoms in total. The van der Waals surface area contributed by atoms with Gasteiger partial charge in [-0.05, 0) is 30.9 Å². The van der Waals surface area contributed by atoms with Gasteiger partial charge >= 0.3 is 0 Å². The number of rotatable bonds is 3. The summed E-state index contributed by atoms with van der Waals surface area (Å²) in [6.07, 6.45) is 1.62. The molecule has 23 heavy (non-hydrogen) atoms. The van der Waals surface area contributed by atoms with Gasteiger partial charge in [0.1, 0.15) is 0 Å². The minimum absolute atomic E-state index is 0.648. The highest BCUT2D eigenvalue weighted by Gasteiger charge is 2.33. The second-order valence-electron chi connectivity index (χ2n) is 6.16. The molecule has 1 aliphatic rings. The van der Waals surface area contributed by atoms with Crippen LogP contribution < -0.4 is 0 Å². The molecule has 1 heterocycles. The van der Waals surface area contributed by atoms with E-state index in [1.165, 1.54) is 11.1 Å². The summed E-state index contributed by atoms with van der Waals surface area (Å²) < 4.78 is 0. The molecule has 2 aromatic rings. The normalized spacial score (nSPS) is 17.2. The number of benzene rings is 2. The summed E-state index contributed by atoms with van der Waals surface area (Å²) in [6, 6.07) is 18.8. The van der Waals surface area contributed by atoms with Crippen LogP contribution in [0, 0.1) is 6.92 Å². The summed E-state index contributed by atoms with van der Waals surface area (Å²) in [5.41, 5.74) is 3.06. The zero-order valence-corrected chi connectivity index (χ0v) is 14.6. The van der Waals surface area contributed by atoms with Gasteiger partial charge in [-0.2, -0.15) is 0 Å². The molecule has 1 N–H and O–H groups in total. The molecule has 0 saturated carbocycles. The lowest BCUT2D eigenvalue weighted by molar-refractivity contribution is -0.0277. The van der Waals surface area contributed by atoms with E-state index in [0.29, 0.717) is 0 Å². The van der Waals surface area contributed by atoms with Crippen LogP contribution in [0.1, 0.15) is 43.4 Å². The third-order valence-electron chi connectivity index (χ3n) is 4.52. The first-order valence-electron chi connectivity index (χ1n) is 8.72. The van der Waals surface area contributed by atoms with Crippen LogP contribution in [-0.4, -0.2) is 23.1 Å². The molecule has 1 saturated heterocycles. The van der Waals surface area contributed by atoms with Crippen molar-refractivity contribution in [3.63, 3.8) is 0 Å². The van der Waals surface area contributed by atoms with E-state index in [1.807, 2.05) is 44.2 Å². The van der Waals surface area contributed by atoms with Crippen LogP contribution in [0.4, 0.5) is 0 Å². The first kappa shape index (κ1) is 17.7. The predicted octanol–water partition coefficient (Wildman–Crippen LogP) is 4.50. The first-order valence-corrected chi connectivity index (χ1v) is 8.72. The molecule has 124 valence electrons. The zero-order chi connectivity index (χ0) is 16.7.